The number of aromatic nitrogens is 3. The van der Waals surface area contributed by atoms with Crippen molar-refractivity contribution in [2.45, 2.75) is 38.1 Å². The van der Waals surface area contributed by atoms with Crippen LogP contribution in [0.2, 0.25) is 5.28 Å². The topological polar surface area (TPSA) is 179 Å². The highest BCUT2D eigenvalue weighted by Gasteiger charge is 2.30. The normalized spacial score (nSPS) is 18.0. The average Bonchev–Trinajstić information content (AvgIpc) is 3.60. The van der Waals surface area contributed by atoms with E-state index in [1.54, 1.807) is 29.2 Å². The van der Waals surface area contributed by atoms with Crippen LogP contribution in [0, 0.1) is 11.8 Å². The molecule has 14 heteroatoms. The number of hydrogen-bond acceptors (Lipinski definition) is 7. The number of morpholine rings is 1. The summed E-state index contributed by atoms with van der Waals surface area (Å²) in [6.07, 6.45) is 1.84. The van der Waals surface area contributed by atoms with Crippen LogP contribution >= 0.6 is 11.6 Å². The Morgan fingerprint density at radius 2 is 1.61 bits per heavy atom. The molecular formula is C37H40ClN7O6. The molecule has 51 heavy (non-hydrogen) atoms. The van der Waals surface area contributed by atoms with Gasteiger partial charge in [0.05, 0.1) is 13.2 Å². The summed E-state index contributed by atoms with van der Waals surface area (Å²) in [7, 11) is 0. The van der Waals surface area contributed by atoms with Crippen LogP contribution in [0.5, 0.6) is 0 Å². The van der Waals surface area contributed by atoms with Gasteiger partial charge in [-0.05, 0) is 96.3 Å². The number of amides is 4. The standard InChI is InChI=1S/C37H40ClN7O6/c38-36-42-32(43-44-36)26-12-14-30(15-13-26)40-34(47)31(41-33(46)27-6-4-23(5-7-27)22-39-37(49)50)21-24-2-1-3-29(20-24)25-8-10-28(11-9-25)35(48)45-16-18-51-19-17-45/h1-3,8-15,20,23,27,31,39H,4-7,16-19,21-22H2,(H,40,47)(H,41,46)(H,49,50)(H,42,43,44)/t23?,27?,31-/m0/s1. The largest absolute Gasteiger partial charge is 0.465 e. The second-order valence-corrected chi connectivity index (χ2v) is 13.2. The van der Waals surface area contributed by atoms with Gasteiger partial charge in [-0.3, -0.25) is 14.4 Å². The molecule has 0 bridgehead atoms. The number of halogens is 1. The van der Waals surface area contributed by atoms with Gasteiger partial charge >= 0.3 is 6.09 Å². The fraction of sp³-hybridized carbons (Fsp3) is 0.351. The maximum Gasteiger partial charge on any atom is 0.404 e. The summed E-state index contributed by atoms with van der Waals surface area (Å²) in [6, 6.07) is 21.4. The molecule has 6 rings (SSSR count). The molecule has 1 saturated carbocycles. The lowest BCUT2D eigenvalue weighted by Gasteiger charge is -2.29. The second-order valence-electron chi connectivity index (χ2n) is 12.9. The maximum atomic E-state index is 13.8. The number of anilines is 1. The zero-order chi connectivity index (χ0) is 35.7. The Kier molecular flexibility index (Phi) is 11.6. The van der Waals surface area contributed by atoms with E-state index in [0.29, 0.717) is 62.8 Å². The SMILES string of the molecule is O=C(O)NCC1CCC(C(=O)N[C@@H](Cc2cccc(-c3ccc(C(=O)N4CCOCC4)cc3)c2)C(=O)Nc2ccc(-c3nnc(Cl)[nH]3)cc2)CC1. The number of rotatable bonds is 11. The summed E-state index contributed by atoms with van der Waals surface area (Å²) in [5.74, 6) is -0.196. The molecule has 0 spiro atoms. The zero-order valence-electron chi connectivity index (χ0n) is 27.9. The number of benzene rings is 3. The van der Waals surface area contributed by atoms with Crippen LogP contribution in [0.15, 0.2) is 72.8 Å². The minimum absolute atomic E-state index is 0.0226. The lowest BCUT2D eigenvalue weighted by Crippen LogP contribution is -2.48. The van der Waals surface area contributed by atoms with Crippen molar-refractivity contribution in [3.8, 4) is 22.5 Å². The van der Waals surface area contributed by atoms with Gasteiger partial charge in [0.25, 0.3) is 5.91 Å². The van der Waals surface area contributed by atoms with Gasteiger partial charge in [0.1, 0.15) is 6.04 Å². The third-order valence-electron chi connectivity index (χ3n) is 9.41. The average molecular weight is 714 g/mol. The van der Waals surface area contributed by atoms with Crippen molar-refractivity contribution in [3.63, 3.8) is 0 Å². The summed E-state index contributed by atoms with van der Waals surface area (Å²) < 4.78 is 5.37. The fourth-order valence-electron chi connectivity index (χ4n) is 6.54. The monoisotopic (exact) mass is 713 g/mol. The molecule has 0 radical (unpaired) electrons. The third-order valence-corrected chi connectivity index (χ3v) is 9.58. The number of nitrogens with zero attached hydrogens (tertiary/aromatic N) is 3. The first-order chi connectivity index (χ1) is 24.7. The van der Waals surface area contributed by atoms with Gasteiger partial charge in [-0.1, -0.05) is 36.4 Å². The van der Waals surface area contributed by atoms with Crippen LogP contribution < -0.4 is 16.0 Å². The van der Waals surface area contributed by atoms with Crippen molar-refractivity contribution in [2.24, 2.45) is 11.8 Å². The van der Waals surface area contributed by atoms with Crippen molar-refractivity contribution in [3.05, 3.63) is 89.2 Å². The molecule has 266 valence electrons. The molecule has 13 nitrogen and oxygen atoms in total. The molecule has 1 aromatic heterocycles. The van der Waals surface area contributed by atoms with E-state index in [2.05, 4.69) is 31.1 Å². The molecule has 1 saturated heterocycles. The summed E-state index contributed by atoms with van der Waals surface area (Å²) in [6.45, 7) is 2.58. The minimum Gasteiger partial charge on any atom is -0.465 e. The molecule has 1 aliphatic heterocycles. The van der Waals surface area contributed by atoms with Crippen molar-refractivity contribution >= 4 is 41.1 Å². The molecule has 2 aliphatic rings. The summed E-state index contributed by atoms with van der Waals surface area (Å²) in [5, 5.41) is 25.3. The van der Waals surface area contributed by atoms with E-state index in [-0.39, 0.29) is 41.3 Å². The van der Waals surface area contributed by atoms with Crippen molar-refractivity contribution in [1.82, 2.24) is 30.7 Å². The summed E-state index contributed by atoms with van der Waals surface area (Å²) in [5.41, 5.74) is 4.58. The lowest BCUT2D eigenvalue weighted by molar-refractivity contribution is -0.130. The van der Waals surface area contributed by atoms with Crippen LogP contribution in [0.4, 0.5) is 10.5 Å². The molecule has 4 aromatic rings. The number of carbonyl (C=O) groups is 4. The van der Waals surface area contributed by atoms with Crippen LogP contribution in [-0.2, 0) is 20.7 Å². The van der Waals surface area contributed by atoms with E-state index in [9.17, 15) is 19.2 Å². The van der Waals surface area contributed by atoms with Gasteiger partial charge in [-0.25, -0.2) is 4.79 Å². The van der Waals surface area contributed by atoms with E-state index < -0.39 is 12.1 Å². The first-order valence-corrected chi connectivity index (χ1v) is 17.4. The Hall–Kier alpha value is -5.27. The molecular weight excluding hydrogens is 674 g/mol. The van der Waals surface area contributed by atoms with E-state index in [4.69, 9.17) is 21.4 Å². The van der Waals surface area contributed by atoms with Gasteiger partial charge < -0.3 is 35.7 Å². The van der Waals surface area contributed by atoms with E-state index in [0.717, 1.165) is 35.1 Å². The van der Waals surface area contributed by atoms with Gasteiger partial charge in [0, 0.05) is 48.8 Å². The molecule has 0 unspecified atom stereocenters. The van der Waals surface area contributed by atoms with Gasteiger partial charge in [-0.2, -0.15) is 0 Å². The number of ether oxygens (including phenoxy) is 1. The number of hydrogen-bond donors (Lipinski definition) is 5. The number of nitrogens with one attached hydrogen (secondary N) is 4. The molecule has 1 atom stereocenters. The minimum atomic E-state index is -1.05. The Morgan fingerprint density at radius 3 is 2.27 bits per heavy atom. The first-order valence-electron chi connectivity index (χ1n) is 17.0. The smallest absolute Gasteiger partial charge is 0.404 e. The first kappa shape index (κ1) is 35.6. The number of carboxylic acid groups (broad SMARTS) is 1. The van der Waals surface area contributed by atoms with Crippen molar-refractivity contribution in [1.29, 1.82) is 0 Å². The van der Waals surface area contributed by atoms with E-state index in [1.807, 2.05) is 48.5 Å². The highest BCUT2D eigenvalue weighted by Crippen LogP contribution is 2.29. The quantitative estimate of drug-likeness (QED) is 0.144. The second kappa shape index (κ2) is 16.6. The Balaban J connectivity index is 1.15. The van der Waals surface area contributed by atoms with Crippen LogP contribution in [0.1, 0.15) is 41.6 Å². The molecule has 2 fully saturated rings. The Morgan fingerprint density at radius 1 is 0.902 bits per heavy atom. The molecule has 2 heterocycles. The van der Waals surface area contributed by atoms with E-state index in [1.165, 1.54) is 0 Å². The number of aromatic amines is 1. The molecule has 1 aliphatic carbocycles. The molecule has 5 N–H and O–H groups in total. The molecule has 4 amide bonds. The zero-order valence-corrected chi connectivity index (χ0v) is 28.7. The Bertz CT molecular complexity index is 1830. The maximum absolute atomic E-state index is 13.8. The summed E-state index contributed by atoms with van der Waals surface area (Å²) >= 11 is 5.87. The predicted octanol–water partition coefficient (Wildman–Crippen LogP) is 5.00. The predicted molar refractivity (Wildman–Crippen MR) is 191 cm³/mol. The van der Waals surface area contributed by atoms with Crippen LogP contribution in [-0.4, -0.2) is 87.9 Å². The van der Waals surface area contributed by atoms with Crippen LogP contribution in [0.25, 0.3) is 22.5 Å². The molecule has 3 aromatic carbocycles. The fourth-order valence-corrected chi connectivity index (χ4v) is 6.67. The summed E-state index contributed by atoms with van der Waals surface area (Å²) in [4.78, 5) is 55.9. The highest BCUT2D eigenvalue weighted by molar-refractivity contribution is 6.28. The van der Waals surface area contributed by atoms with Gasteiger partial charge in [-0.15, -0.1) is 10.2 Å². The van der Waals surface area contributed by atoms with E-state index >= 15 is 0 Å². The highest BCUT2D eigenvalue weighted by atomic mass is 35.5. The van der Waals surface area contributed by atoms with Gasteiger partial charge in [0.2, 0.25) is 17.1 Å². The number of carbonyl (C=O) groups excluding carboxylic acids is 3. The number of H-pyrrole nitrogens is 1. The lowest BCUT2D eigenvalue weighted by atomic mass is 9.81. The van der Waals surface area contributed by atoms with Crippen molar-refractivity contribution in [2.75, 3.05) is 38.2 Å². The Labute approximate surface area is 300 Å². The van der Waals surface area contributed by atoms with Crippen molar-refractivity contribution < 1.29 is 29.0 Å². The van der Waals surface area contributed by atoms with Crippen LogP contribution in [0.3, 0.4) is 0 Å². The third kappa shape index (κ3) is 9.50. The van der Waals surface area contributed by atoms with Gasteiger partial charge in [0.15, 0.2) is 5.82 Å².